The molecule has 0 amide bonds. The zero-order valence-electron chi connectivity index (χ0n) is 11.0. The summed E-state index contributed by atoms with van der Waals surface area (Å²) in [6.45, 7) is 0. The Hall–Kier alpha value is -2.86. The number of methoxy groups -OCH3 is 1. The Balaban J connectivity index is 2.17. The van der Waals surface area contributed by atoms with E-state index in [2.05, 4.69) is 10.8 Å². The molecule has 0 N–H and O–H groups in total. The fourth-order valence-electron chi connectivity index (χ4n) is 1.76. The second kappa shape index (κ2) is 6.35. The summed E-state index contributed by atoms with van der Waals surface area (Å²) < 4.78 is 4.53. The van der Waals surface area contributed by atoms with E-state index in [1.165, 1.54) is 13.2 Å². The Labute approximate surface area is 117 Å². The Morgan fingerprint density at radius 3 is 2.10 bits per heavy atom. The predicted octanol–water partition coefficient (Wildman–Crippen LogP) is 3.41. The van der Waals surface area contributed by atoms with Crippen molar-refractivity contribution in [2.45, 2.75) is 0 Å². The maximum absolute atomic E-state index is 11.0. The highest BCUT2D eigenvalue weighted by atomic mass is 16.5. The monoisotopic (exact) mass is 263 g/mol. The summed E-state index contributed by atoms with van der Waals surface area (Å²) in [5.74, 6) is -0.374. The van der Waals surface area contributed by atoms with Gasteiger partial charge in [-0.3, -0.25) is 0 Å². The van der Waals surface area contributed by atoms with E-state index in [4.69, 9.17) is 5.26 Å². The Kier molecular flexibility index (Phi) is 4.31. The fraction of sp³-hybridized carbons (Fsp3) is 0.0588. The summed E-state index contributed by atoms with van der Waals surface area (Å²) >= 11 is 0. The maximum Gasteiger partial charge on any atom is 0.330 e. The number of hydrogen-bond donors (Lipinski definition) is 0. The van der Waals surface area contributed by atoms with E-state index in [0.717, 1.165) is 16.7 Å². The molecular weight excluding hydrogens is 250 g/mol. The van der Waals surface area contributed by atoms with Crippen molar-refractivity contribution in [3.8, 4) is 17.2 Å². The molecule has 0 bridgehead atoms. The molecule has 0 aliphatic heterocycles. The fourth-order valence-corrected chi connectivity index (χ4v) is 1.76. The largest absolute Gasteiger partial charge is 0.466 e. The normalized spacial score (nSPS) is 10.2. The van der Waals surface area contributed by atoms with Crippen LogP contribution in [0.2, 0.25) is 0 Å². The molecule has 0 radical (unpaired) electrons. The topological polar surface area (TPSA) is 50.1 Å². The van der Waals surface area contributed by atoms with Gasteiger partial charge in [0, 0.05) is 6.08 Å². The summed E-state index contributed by atoms with van der Waals surface area (Å²) in [6, 6.07) is 17.3. The van der Waals surface area contributed by atoms with E-state index in [9.17, 15) is 4.79 Å². The Morgan fingerprint density at radius 2 is 1.60 bits per heavy atom. The van der Waals surface area contributed by atoms with Gasteiger partial charge in [0.2, 0.25) is 0 Å². The number of hydrogen-bond acceptors (Lipinski definition) is 3. The Bertz CT molecular complexity index is 662. The number of ether oxygens (including phenoxy) is 1. The van der Waals surface area contributed by atoms with Crippen molar-refractivity contribution < 1.29 is 9.53 Å². The molecule has 20 heavy (non-hydrogen) atoms. The summed E-state index contributed by atoms with van der Waals surface area (Å²) in [6.07, 6.45) is 3.09. The molecule has 0 saturated heterocycles. The minimum absolute atomic E-state index is 0.374. The molecule has 3 nitrogen and oxygen atoms in total. The average molecular weight is 263 g/mol. The number of nitriles is 1. The van der Waals surface area contributed by atoms with Gasteiger partial charge in [0.05, 0.1) is 18.7 Å². The van der Waals surface area contributed by atoms with Crippen molar-refractivity contribution in [1.82, 2.24) is 0 Å². The van der Waals surface area contributed by atoms with Crippen LogP contribution in [0.15, 0.2) is 54.6 Å². The van der Waals surface area contributed by atoms with Gasteiger partial charge in [-0.2, -0.15) is 5.26 Å². The van der Waals surface area contributed by atoms with Crippen molar-refractivity contribution in [1.29, 1.82) is 5.26 Å². The van der Waals surface area contributed by atoms with Crippen LogP contribution in [0.5, 0.6) is 0 Å². The van der Waals surface area contributed by atoms with Gasteiger partial charge in [0.25, 0.3) is 0 Å². The van der Waals surface area contributed by atoms with Crippen LogP contribution >= 0.6 is 0 Å². The minimum atomic E-state index is -0.374. The lowest BCUT2D eigenvalue weighted by molar-refractivity contribution is -0.134. The van der Waals surface area contributed by atoms with Gasteiger partial charge in [-0.1, -0.05) is 36.4 Å². The smallest absolute Gasteiger partial charge is 0.330 e. The summed E-state index contributed by atoms with van der Waals surface area (Å²) in [5.41, 5.74) is 3.68. The van der Waals surface area contributed by atoms with Gasteiger partial charge in [-0.25, -0.2) is 4.79 Å². The average Bonchev–Trinajstić information content (AvgIpc) is 2.53. The molecule has 2 aromatic carbocycles. The molecule has 2 aromatic rings. The zero-order chi connectivity index (χ0) is 14.4. The third kappa shape index (κ3) is 3.33. The van der Waals surface area contributed by atoms with Crippen molar-refractivity contribution in [2.24, 2.45) is 0 Å². The van der Waals surface area contributed by atoms with E-state index in [-0.39, 0.29) is 5.97 Å². The molecule has 2 rings (SSSR count). The highest BCUT2D eigenvalue weighted by Gasteiger charge is 1.98. The zero-order valence-corrected chi connectivity index (χ0v) is 11.0. The third-order valence-electron chi connectivity index (χ3n) is 2.87. The molecule has 0 spiro atoms. The van der Waals surface area contributed by atoms with Crippen molar-refractivity contribution in [3.05, 3.63) is 65.7 Å². The maximum atomic E-state index is 11.0. The van der Waals surface area contributed by atoms with Gasteiger partial charge in [-0.05, 0) is 34.9 Å². The first-order valence-corrected chi connectivity index (χ1v) is 6.09. The molecule has 0 aliphatic carbocycles. The number of rotatable bonds is 3. The summed E-state index contributed by atoms with van der Waals surface area (Å²) in [7, 11) is 1.35. The van der Waals surface area contributed by atoms with E-state index < -0.39 is 0 Å². The standard InChI is InChI=1S/C17H13NO2/c1-20-17(19)11-6-13-2-7-15(8-3-13)16-9-4-14(12-18)5-10-16/h2-11H,1H3/b11-6+. The van der Waals surface area contributed by atoms with Crippen molar-refractivity contribution in [3.63, 3.8) is 0 Å². The molecule has 0 saturated carbocycles. The SMILES string of the molecule is COC(=O)/C=C/c1ccc(-c2ccc(C#N)cc2)cc1. The first kappa shape index (κ1) is 13.6. The van der Waals surface area contributed by atoms with Crippen LogP contribution in [0.25, 0.3) is 17.2 Å². The molecule has 0 heterocycles. The first-order chi connectivity index (χ1) is 9.72. The van der Waals surface area contributed by atoms with E-state index >= 15 is 0 Å². The second-order valence-electron chi connectivity index (χ2n) is 4.17. The lowest BCUT2D eigenvalue weighted by atomic mass is 10.0. The van der Waals surface area contributed by atoms with Crippen LogP contribution in [0.3, 0.4) is 0 Å². The Morgan fingerprint density at radius 1 is 1.05 bits per heavy atom. The number of nitrogens with zero attached hydrogens (tertiary/aromatic N) is 1. The minimum Gasteiger partial charge on any atom is -0.466 e. The summed E-state index contributed by atoms with van der Waals surface area (Å²) in [4.78, 5) is 11.0. The van der Waals surface area contributed by atoms with E-state index in [1.54, 1.807) is 18.2 Å². The van der Waals surface area contributed by atoms with Crippen LogP contribution in [0.1, 0.15) is 11.1 Å². The van der Waals surface area contributed by atoms with Gasteiger partial charge < -0.3 is 4.74 Å². The highest BCUT2D eigenvalue weighted by molar-refractivity contribution is 5.87. The van der Waals surface area contributed by atoms with Gasteiger partial charge in [0.15, 0.2) is 0 Å². The molecule has 0 aliphatic rings. The van der Waals surface area contributed by atoms with Gasteiger partial charge >= 0.3 is 5.97 Å². The highest BCUT2D eigenvalue weighted by Crippen LogP contribution is 2.20. The van der Waals surface area contributed by atoms with Gasteiger partial charge in [0.1, 0.15) is 0 Å². The lowest BCUT2D eigenvalue weighted by Gasteiger charge is -2.02. The quantitative estimate of drug-likeness (QED) is 0.629. The molecule has 0 unspecified atom stereocenters. The molecule has 0 aromatic heterocycles. The van der Waals surface area contributed by atoms with Crippen LogP contribution in [0, 0.1) is 11.3 Å². The van der Waals surface area contributed by atoms with Gasteiger partial charge in [-0.15, -0.1) is 0 Å². The number of benzene rings is 2. The van der Waals surface area contributed by atoms with Crippen molar-refractivity contribution >= 4 is 12.0 Å². The van der Waals surface area contributed by atoms with Crippen LogP contribution in [0.4, 0.5) is 0 Å². The number of esters is 1. The molecule has 0 atom stereocenters. The van der Waals surface area contributed by atoms with Crippen molar-refractivity contribution in [2.75, 3.05) is 7.11 Å². The summed E-state index contributed by atoms with van der Waals surface area (Å²) in [5, 5.41) is 8.76. The molecular formula is C17H13NO2. The molecule has 0 fully saturated rings. The first-order valence-electron chi connectivity index (χ1n) is 6.09. The van der Waals surface area contributed by atoms with E-state index in [1.807, 2.05) is 36.4 Å². The molecule has 3 heteroatoms. The third-order valence-corrected chi connectivity index (χ3v) is 2.87. The lowest BCUT2D eigenvalue weighted by Crippen LogP contribution is -1.93. The second-order valence-corrected chi connectivity index (χ2v) is 4.17. The van der Waals surface area contributed by atoms with E-state index in [0.29, 0.717) is 5.56 Å². The molecule has 98 valence electrons. The van der Waals surface area contributed by atoms with Crippen LogP contribution in [-0.2, 0) is 9.53 Å². The number of carbonyl (C=O) groups is 1. The number of carbonyl (C=O) groups excluding carboxylic acids is 1. The predicted molar refractivity (Wildman–Crippen MR) is 77.6 cm³/mol. The van der Waals surface area contributed by atoms with Crippen LogP contribution in [-0.4, -0.2) is 13.1 Å². The van der Waals surface area contributed by atoms with Crippen LogP contribution < -0.4 is 0 Å².